The Balaban J connectivity index is 1.33. The Hall–Kier alpha value is -4.49. The van der Waals surface area contributed by atoms with Crippen molar-refractivity contribution in [2.75, 3.05) is 0 Å². The van der Waals surface area contributed by atoms with Crippen molar-refractivity contribution in [3.63, 3.8) is 0 Å². The molecule has 0 spiro atoms. The molecular weight excluding hydrogens is 555 g/mol. The van der Waals surface area contributed by atoms with Crippen LogP contribution < -0.4 is 10.6 Å². The van der Waals surface area contributed by atoms with Gasteiger partial charge in [0.1, 0.15) is 10.3 Å². The number of fused-ring (bicyclic) bond motifs is 1. The van der Waals surface area contributed by atoms with Crippen LogP contribution in [0.4, 0.5) is 9.18 Å². The van der Waals surface area contributed by atoms with Crippen LogP contribution in [0, 0.1) is 12.9 Å². The van der Waals surface area contributed by atoms with Gasteiger partial charge in [0.05, 0.1) is 10.2 Å². The normalized spacial score (nSPS) is 15.8. The van der Waals surface area contributed by atoms with Gasteiger partial charge in [-0.3, -0.25) is 19.7 Å². The van der Waals surface area contributed by atoms with Crippen LogP contribution >= 0.6 is 23.1 Å². The van der Waals surface area contributed by atoms with Gasteiger partial charge in [-0.05, 0) is 48.9 Å². The maximum atomic E-state index is 13.3. The standard InChI is InChI=1S/C27H19FN6O4S2/c1-13-2-4-14(5-3-13)23(35)31-22(25-34-33-21(38-25)11-19-24(36)32-27(37)40-19)26-30-17-8-6-15(10-18(17)39-26)16-7-9-20(28)29-12-16/h2-10,12,19,22H,11H2,1H3,(H,31,35)(H,32,36,37). The van der Waals surface area contributed by atoms with Crippen molar-refractivity contribution in [1.29, 1.82) is 0 Å². The van der Waals surface area contributed by atoms with Gasteiger partial charge in [-0.2, -0.15) is 4.39 Å². The number of halogens is 1. The minimum atomic E-state index is -0.880. The monoisotopic (exact) mass is 574 g/mol. The number of carbonyl (C=O) groups is 3. The molecule has 2 atom stereocenters. The third kappa shape index (κ3) is 5.33. The minimum Gasteiger partial charge on any atom is -0.422 e. The summed E-state index contributed by atoms with van der Waals surface area (Å²) in [7, 11) is 0. The Bertz CT molecular complexity index is 1750. The van der Waals surface area contributed by atoms with Crippen molar-refractivity contribution >= 4 is 50.4 Å². The molecule has 4 heterocycles. The van der Waals surface area contributed by atoms with Crippen molar-refractivity contribution in [3.8, 4) is 11.1 Å². The summed E-state index contributed by atoms with van der Waals surface area (Å²) in [4.78, 5) is 45.2. The largest absolute Gasteiger partial charge is 0.422 e. The predicted molar refractivity (Wildman–Crippen MR) is 146 cm³/mol. The quantitative estimate of drug-likeness (QED) is 0.267. The average Bonchev–Trinajstić information content (AvgIpc) is 3.66. The first kappa shape index (κ1) is 25.8. The van der Waals surface area contributed by atoms with Crippen molar-refractivity contribution in [2.45, 2.75) is 24.6 Å². The fourth-order valence-corrected chi connectivity index (χ4v) is 5.95. The molecule has 10 nitrogen and oxygen atoms in total. The van der Waals surface area contributed by atoms with Crippen LogP contribution in [0.3, 0.4) is 0 Å². The zero-order valence-corrected chi connectivity index (χ0v) is 22.4. The second-order valence-corrected chi connectivity index (χ2v) is 11.2. The summed E-state index contributed by atoms with van der Waals surface area (Å²) in [5.74, 6) is -1.10. The number of thioether (sulfide) groups is 1. The van der Waals surface area contributed by atoms with Gasteiger partial charge in [0.25, 0.3) is 11.1 Å². The Kier molecular flexibility index (Phi) is 6.82. The van der Waals surface area contributed by atoms with Gasteiger partial charge >= 0.3 is 0 Å². The minimum absolute atomic E-state index is 0.0583. The number of hydrogen-bond acceptors (Lipinski definition) is 10. The molecule has 3 amide bonds. The summed E-state index contributed by atoms with van der Waals surface area (Å²) in [6.07, 6.45) is 1.52. The van der Waals surface area contributed by atoms with E-state index in [0.717, 1.165) is 33.2 Å². The number of rotatable bonds is 7. The maximum Gasteiger partial charge on any atom is 0.286 e. The molecule has 1 fully saturated rings. The molecule has 1 aliphatic heterocycles. The van der Waals surface area contributed by atoms with E-state index in [-0.39, 0.29) is 24.1 Å². The summed E-state index contributed by atoms with van der Waals surface area (Å²) >= 11 is 2.20. The molecule has 1 aliphatic rings. The summed E-state index contributed by atoms with van der Waals surface area (Å²) in [6.45, 7) is 1.93. The Morgan fingerprint density at radius 2 is 1.90 bits per heavy atom. The Morgan fingerprint density at radius 3 is 2.62 bits per heavy atom. The van der Waals surface area contributed by atoms with E-state index in [1.54, 1.807) is 18.2 Å². The summed E-state index contributed by atoms with van der Waals surface area (Å²) in [5, 5.41) is 12.8. The molecule has 2 N–H and O–H groups in total. The van der Waals surface area contributed by atoms with Crippen molar-refractivity contribution in [2.24, 2.45) is 0 Å². The number of nitrogens with one attached hydrogen (secondary N) is 2. The van der Waals surface area contributed by atoms with Gasteiger partial charge < -0.3 is 9.73 Å². The molecule has 0 aliphatic carbocycles. The molecule has 13 heteroatoms. The number of aromatic nitrogens is 4. The van der Waals surface area contributed by atoms with Gasteiger partial charge in [0.15, 0.2) is 6.04 Å². The average molecular weight is 575 g/mol. The van der Waals surface area contributed by atoms with Crippen LogP contribution in [-0.2, 0) is 11.2 Å². The molecule has 0 radical (unpaired) electrons. The number of hydrogen-bond donors (Lipinski definition) is 2. The van der Waals surface area contributed by atoms with E-state index < -0.39 is 28.4 Å². The predicted octanol–water partition coefficient (Wildman–Crippen LogP) is 4.60. The number of thiazole rings is 1. The highest BCUT2D eigenvalue weighted by molar-refractivity contribution is 8.15. The highest BCUT2D eigenvalue weighted by Gasteiger charge is 2.34. The van der Waals surface area contributed by atoms with Crippen molar-refractivity contribution in [1.82, 2.24) is 30.8 Å². The molecule has 6 rings (SSSR count). The van der Waals surface area contributed by atoms with E-state index >= 15 is 0 Å². The second-order valence-electron chi connectivity index (χ2n) is 9.00. The van der Waals surface area contributed by atoms with Gasteiger partial charge in [0, 0.05) is 23.7 Å². The number of amides is 3. The van der Waals surface area contributed by atoms with Crippen LogP contribution in [0.1, 0.15) is 38.8 Å². The zero-order valence-electron chi connectivity index (χ0n) is 20.8. The van der Waals surface area contributed by atoms with Crippen LogP contribution in [0.15, 0.2) is 65.2 Å². The number of aryl methyl sites for hydroxylation is 1. The van der Waals surface area contributed by atoms with E-state index in [4.69, 9.17) is 9.40 Å². The van der Waals surface area contributed by atoms with Gasteiger partial charge in [0.2, 0.25) is 23.6 Å². The molecule has 40 heavy (non-hydrogen) atoms. The molecule has 3 aromatic heterocycles. The smallest absolute Gasteiger partial charge is 0.286 e. The molecule has 5 aromatic rings. The number of benzene rings is 2. The summed E-state index contributed by atoms with van der Waals surface area (Å²) in [6, 6.07) is 14.8. The van der Waals surface area contributed by atoms with E-state index in [2.05, 4.69) is 25.8 Å². The zero-order chi connectivity index (χ0) is 27.8. The second kappa shape index (κ2) is 10.6. The molecule has 2 unspecified atom stereocenters. The van der Waals surface area contributed by atoms with Crippen molar-refractivity contribution in [3.05, 3.63) is 94.7 Å². The lowest BCUT2D eigenvalue weighted by Gasteiger charge is -2.13. The summed E-state index contributed by atoms with van der Waals surface area (Å²) < 4.78 is 20.0. The SMILES string of the molecule is Cc1ccc(C(=O)NC(c2nnc(CC3SC(=O)NC3=O)o2)c2nc3ccc(-c4ccc(F)nc4)cc3s2)cc1. The van der Waals surface area contributed by atoms with Crippen LogP contribution in [0.2, 0.25) is 0 Å². The first-order valence-corrected chi connectivity index (χ1v) is 13.8. The summed E-state index contributed by atoms with van der Waals surface area (Å²) in [5.41, 5.74) is 3.72. The lowest BCUT2D eigenvalue weighted by Crippen LogP contribution is -2.29. The molecule has 200 valence electrons. The van der Waals surface area contributed by atoms with E-state index in [1.165, 1.54) is 23.6 Å². The lowest BCUT2D eigenvalue weighted by atomic mass is 10.1. The number of imide groups is 1. The molecule has 0 bridgehead atoms. The van der Waals surface area contributed by atoms with Gasteiger partial charge in [-0.15, -0.1) is 21.5 Å². The Labute approximate surface area is 234 Å². The van der Waals surface area contributed by atoms with E-state index in [0.29, 0.717) is 16.1 Å². The lowest BCUT2D eigenvalue weighted by molar-refractivity contribution is -0.119. The Morgan fingerprint density at radius 1 is 1.10 bits per heavy atom. The fourth-order valence-electron chi connectivity index (χ4n) is 4.09. The van der Waals surface area contributed by atoms with E-state index in [9.17, 15) is 18.8 Å². The molecule has 1 saturated heterocycles. The third-order valence-electron chi connectivity index (χ3n) is 6.16. The number of carbonyl (C=O) groups excluding carboxylic acids is 3. The first-order chi connectivity index (χ1) is 19.3. The van der Waals surface area contributed by atoms with Crippen LogP contribution in [0.25, 0.3) is 21.3 Å². The highest BCUT2D eigenvalue weighted by atomic mass is 32.2. The maximum absolute atomic E-state index is 13.3. The van der Waals surface area contributed by atoms with Gasteiger partial charge in [-0.25, -0.2) is 9.97 Å². The van der Waals surface area contributed by atoms with Crippen LogP contribution in [0.5, 0.6) is 0 Å². The molecular formula is C27H19FN6O4S2. The van der Waals surface area contributed by atoms with Crippen LogP contribution in [-0.4, -0.2) is 42.5 Å². The molecule has 0 saturated carbocycles. The van der Waals surface area contributed by atoms with Gasteiger partial charge in [-0.1, -0.05) is 35.5 Å². The number of nitrogens with zero attached hydrogens (tertiary/aromatic N) is 4. The topological polar surface area (TPSA) is 140 Å². The third-order valence-corrected chi connectivity index (χ3v) is 8.22. The fraction of sp³-hybridized carbons (Fsp3) is 0.148. The van der Waals surface area contributed by atoms with E-state index in [1.807, 2.05) is 37.3 Å². The molecule has 2 aromatic carbocycles. The highest BCUT2D eigenvalue weighted by Crippen LogP contribution is 2.33. The number of pyridine rings is 1. The van der Waals surface area contributed by atoms with Crippen molar-refractivity contribution < 1.29 is 23.2 Å². The first-order valence-electron chi connectivity index (χ1n) is 12.1.